The van der Waals surface area contributed by atoms with Crippen molar-refractivity contribution in [3.8, 4) is 0 Å². The summed E-state index contributed by atoms with van der Waals surface area (Å²) in [6.07, 6.45) is -1.41. The Morgan fingerprint density at radius 1 is 1.48 bits per heavy atom. The van der Waals surface area contributed by atoms with Crippen molar-refractivity contribution >= 4 is 41.3 Å². The van der Waals surface area contributed by atoms with E-state index in [4.69, 9.17) is 4.74 Å². The molecule has 0 bridgehead atoms. The standard InChI is InChI=1S/C15H23F3N4OS.HI/c1-19-14(22(2)7-8-23-9-11-3-4-11)20-6-5-13-21-12(10-24-13)15(16,17)18;/h10-11H,3-9H2,1-2H3,(H,19,20);1H. The van der Waals surface area contributed by atoms with E-state index in [1.165, 1.54) is 12.8 Å². The molecule has 0 spiro atoms. The summed E-state index contributed by atoms with van der Waals surface area (Å²) in [5.41, 5.74) is -0.822. The molecule has 25 heavy (non-hydrogen) atoms. The Morgan fingerprint density at radius 2 is 2.20 bits per heavy atom. The van der Waals surface area contributed by atoms with Crippen LogP contribution in [-0.4, -0.2) is 56.2 Å². The van der Waals surface area contributed by atoms with E-state index in [-0.39, 0.29) is 24.0 Å². The molecule has 1 saturated carbocycles. The van der Waals surface area contributed by atoms with E-state index in [1.807, 2.05) is 11.9 Å². The maximum absolute atomic E-state index is 12.5. The third-order valence-corrected chi connectivity index (χ3v) is 4.57. The Balaban J connectivity index is 0.00000312. The lowest BCUT2D eigenvalue weighted by atomic mass is 10.4. The number of hydrogen-bond acceptors (Lipinski definition) is 4. The molecule has 1 aromatic rings. The number of likely N-dealkylation sites (N-methyl/N-ethyl adjacent to an activating group) is 1. The lowest BCUT2D eigenvalue weighted by Crippen LogP contribution is -2.41. The van der Waals surface area contributed by atoms with Crippen molar-refractivity contribution in [3.63, 3.8) is 0 Å². The highest BCUT2D eigenvalue weighted by Crippen LogP contribution is 2.30. The molecule has 1 aromatic heterocycles. The first-order valence-corrected chi connectivity index (χ1v) is 8.79. The normalized spacial score (nSPS) is 15.0. The van der Waals surface area contributed by atoms with E-state index in [0.29, 0.717) is 37.1 Å². The zero-order valence-electron chi connectivity index (χ0n) is 14.3. The largest absolute Gasteiger partial charge is 0.434 e. The van der Waals surface area contributed by atoms with Gasteiger partial charge < -0.3 is 15.0 Å². The van der Waals surface area contributed by atoms with Gasteiger partial charge in [-0.15, -0.1) is 35.3 Å². The molecule has 1 aliphatic rings. The van der Waals surface area contributed by atoms with E-state index in [1.54, 1.807) is 7.05 Å². The molecule has 1 fully saturated rings. The number of thiazole rings is 1. The SMILES string of the molecule is CN=C(NCCc1nc(C(F)(F)F)cs1)N(C)CCOCC1CC1.I. The van der Waals surface area contributed by atoms with Crippen molar-refractivity contribution < 1.29 is 17.9 Å². The molecule has 1 aliphatic carbocycles. The fourth-order valence-corrected chi connectivity index (χ4v) is 2.87. The van der Waals surface area contributed by atoms with Crippen molar-refractivity contribution in [1.29, 1.82) is 0 Å². The van der Waals surface area contributed by atoms with E-state index in [0.717, 1.165) is 29.2 Å². The smallest absolute Gasteiger partial charge is 0.379 e. The number of alkyl halides is 3. The quantitative estimate of drug-likeness (QED) is 0.262. The Hall–Kier alpha value is -0.620. The van der Waals surface area contributed by atoms with Crippen LogP contribution < -0.4 is 5.32 Å². The van der Waals surface area contributed by atoms with Gasteiger partial charge in [-0.3, -0.25) is 4.99 Å². The van der Waals surface area contributed by atoms with Gasteiger partial charge in [-0.2, -0.15) is 13.2 Å². The summed E-state index contributed by atoms with van der Waals surface area (Å²) in [5, 5.41) is 4.64. The van der Waals surface area contributed by atoms with Crippen LogP contribution in [-0.2, 0) is 17.3 Å². The first-order chi connectivity index (χ1) is 11.4. The molecular weight excluding hydrogens is 468 g/mol. The molecule has 0 aromatic carbocycles. The van der Waals surface area contributed by atoms with Gasteiger partial charge in [0.15, 0.2) is 11.7 Å². The lowest BCUT2D eigenvalue weighted by Gasteiger charge is -2.21. The molecule has 0 aliphatic heterocycles. The van der Waals surface area contributed by atoms with Gasteiger partial charge in [-0.25, -0.2) is 4.98 Å². The molecule has 2 rings (SSSR count). The zero-order chi connectivity index (χ0) is 17.6. The van der Waals surface area contributed by atoms with E-state index >= 15 is 0 Å². The molecule has 5 nitrogen and oxygen atoms in total. The van der Waals surface area contributed by atoms with Gasteiger partial charge in [0.05, 0.1) is 11.6 Å². The van der Waals surface area contributed by atoms with Crippen molar-refractivity contribution in [2.75, 3.05) is 40.4 Å². The maximum Gasteiger partial charge on any atom is 0.434 e. The second-order valence-electron chi connectivity index (χ2n) is 5.79. The van der Waals surface area contributed by atoms with Crippen molar-refractivity contribution in [2.24, 2.45) is 10.9 Å². The van der Waals surface area contributed by atoms with Crippen LogP contribution in [0.4, 0.5) is 13.2 Å². The molecule has 0 amide bonds. The number of rotatable bonds is 8. The minimum absolute atomic E-state index is 0. The average Bonchev–Trinajstić information content (AvgIpc) is 3.22. The topological polar surface area (TPSA) is 49.8 Å². The first-order valence-electron chi connectivity index (χ1n) is 7.91. The molecule has 0 atom stereocenters. The van der Waals surface area contributed by atoms with Crippen LogP contribution in [0.25, 0.3) is 0 Å². The predicted molar refractivity (Wildman–Crippen MR) is 104 cm³/mol. The second kappa shape index (κ2) is 10.5. The lowest BCUT2D eigenvalue weighted by molar-refractivity contribution is -0.140. The second-order valence-corrected chi connectivity index (χ2v) is 6.73. The third kappa shape index (κ3) is 8.07. The molecule has 0 saturated heterocycles. The fraction of sp³-hybridized carbons (Fsp3) is 0.733. The number of aromatic nitrogens is 1. The predicted octanol–water partition coefficient (Wildman–Crippen LogP) is 3.26. The van der Waals surface area contributed by atoms with Gasteiger partial charge in [0, 0.05) is 45.6 Å². The van der Waals surface area contributed by atoms with Crippen LogP contribution >= 0.6 is 35.3 Å². The molecular formula is C15H24F3IN4OS. The van der Waals surface area contributed by atoms with Crippen LogP contribution in [0.3, 0.4) is 0 Å². The van der Waals surface area contributed by atoms with E-state index < -0.39 is 11.9 Å². The number of nitrogens with one attached hydrogen (secondary N) is 1. The summed E-state index contributed by atoms with van der Waals surface area (Å²) in [4.78, 5) is 9.72. The molecule has 1 heterocycles. The Morgan fingerprint density at radius 3 is 2.76 bits per heavy atom. The first kappa shape index (κ1) is 22.4. The maximum atomic E-state index is 12.5. The number of ether oxygens (including phenoxy) is 1. The summed E-state index contributed by atoms with van der Waals surface area (Å²) >= 11 is 1.02. The van der Waals surface area contributed by atoms with Crippen LogP contribution in [0, 0.1) is 5.92 Å². The summed E-state index contributed by atoms with van der Waals surface area (Å²) in [6, 6.07) is 0. The Labute approximate surface area is 167 Å². The number of hydrogen-bond donors (Lipinski definition) is 1. The van der Waals surface area contributed by atoms with Gasteiger partial charge in [0.2, 0.25) is 0 Å². The fourth-order valence-electron chi connectivity index (χ4n) is 2.06. The Bertz CT molecular complexity index is 549. The van der Waals surface area contributed by atoms with Gasteiger partial charge in [-0.05, 0) is 18.8 Å². The van der Waals surface area contributed by atoms with Crippen molar-refractivity contribution in [2.45, 2.75) is 25.4 Å². The van der Waals surface area contributed by atoms with Gasteiger partial charge in [-0.1, -0.05) is 0 Å². The average molecular weight is 492 g/mol. The monoisotopic (exact) mass is 492 g/mol. The highest BCUT2D eigenvalue weighted by atomic mass is 127. The van der Waals surface area contributed by atoms with Gasteiger partial charge in [0.1, 0.15) is 0 Å². The molecule has 1 N–H and O–H groups in total. The highest BCUT2D eigenvalue weighted by molar-refractivity contribution is 14.0. The van der Waals surface area contributed by atoms with Crippen LogP contribution in [0.15, 0.2) is 10.4 Å². The summed E-state index contributed by atoms with van der Waals surface area (Å²) in [5.74, 6) is 1.44. The number of halogens is 4. The third-order valence-electron chi connectivity index (χ3n) is 3.66. The van der Waals surface area contributed by atoms with Crippen LogP contribution in [0.2, 0.25) is 0 Å². The molecule has 144 valence electrons. The summed E-state index contributed by atoms with van der Waals surface area (Å²) < 4.78 is 43.1. The number of guanidine groups is 1. The van der Waals surface area contributed by atoms with Crippen molar-refractivity contribution in [3.05, 3.63) is 16.1 Å². The number of nitrogens with zero attached hydrogens (tertiary/aromatic N) is 3. The van der Waals surface area contributed by atoms with Crippen molar-refractivity contribution in [1.82, 2.24) is 15.2 Å². The minimum Gasteiger partial charge on any atom is -0.379 e. The van der Waals surface area contributed by atoms with E-state index in [9.17, 15) is 13.2 Å². The number of aliphatic imine (C=N–C) groups is 1. The van der Waals surface area contributed by atoms with Crippen LogP contribution in [0.5, 0.6) is 0 Å². The highest BCUT2D eigenvalue weighted by Gasteiger charge is 2.33. The molecule has 10 heteroatoms. The van der Waals surface area contributed by atoms with Crippen LogP contribution in [0.1, 0.15) is 23.5 Å². The summed E-state index contributed by atoms with van der Waals surface area (Å²) in [7, 11) is 3.58. The zero-order valence-corrected chi connectivity index (χ0v) is 17.5. The van der Waals surface area contributed by atoms with Gasteiger partial charge >= 0.3 is 6.18 Å². The summed E-state index contributed by atoms with van der Waals surface area (Å²) in [6.45, 7) is 2.65. The van der Waals surface area contributed by atoms with E-state index in [2.05, 4.69) is 15.3 Å². The Kier molecular flexibility index (Phi) is 9.43. The minimum atomic E-state index is -4.38. The molecule has 0 unspecified atom stereocenters. The molecule has 0 radical (unpaired) electrons. The van der Waals surface area contributed by atoms with Gasteiger partial charge in [0.25, 0.3) is 0 Å².